The average molecular weight is 353 g/mol. The molecule has 1 saturated heterocycles. The topological polar surface area (TPSA) is 71.0 Å². The maximum Gasteiger partial charge on any atom is 0.193 e. The summed E-state index contributed by atoms with van der Waals surface area (Å²) in [5, 5.41) is 3.32. The van der Waals surface area contributed by atoms with E-state index >= 15 is 0 Å². The van der Waals surface area contributed by atoms with E-state index in [2.05, 4.69) is 22.1 Å². The molecule has 0 amide bonds. The van der Waals surface area contributed by atoms with Gasteiger partial charge in [0.2, 0.25) is 0 Å². The smallest absolute Gasteiger partial charge is 0.193 e. The Morgan fingerprint density at radius 3 is 2.67 bits per heavy atom. The molecular weight excluding hydrogens is 326 g/mol. The summed E-state index contributed by atoms with van der Waals surface area (Å²) < 4.78 is 28.5. The average Bonchev–Trinajstić information content (AvgIpc) is 2.54. The van der Waals surface area contributed by atoms with Gasteiger partial charge >= 0.3 is 0 Å². The number of hydrogen-bond acceptors (Lipinski definition) is 4. The third-order valence-electron chi connectivity index (χ3n) is 4.07. The fourth-order valence-electron chi connectivity index (χ4n) is 2.83. The van der Waals surface area contributed by atoms with Gasteiger partial charge < -0.3 is 15.0 Å². The molecule has 1 aromatic rings. The molecule has 0 aromatic heterocycles. The van der Waals surface area contributed by atoms with Crippen molar-refractivity contribution in [2.75, 3.05) is 39.5 Å². The molecule has 1 heterocycles. The summed E-state index contributed by atoms with van der Waals surface area (Å²) in [6.07, 6.45) is 3.67. The highest BCUT2D eigenvalue weighted by Crippen LogP contribution is 2.16. The first-order chi connectivity index (χ1) is 11.4. The van der Waals surface area contributed by atoms with Crippen LogP contribution >= 0.6 is 0 Å². The van der Waals surface area contributed by atoms with Crippen molar-refractivity contribution < 1.29 is 13.2 Å². The first kappa shape index (κ1) is 18.6. The monoisotopic (exact) mass is 353 g/mol. The lowest BCUT2D eigenvalue weighted by molar-refractivity contribution is 0.262. The van der Waals surface area contributed by atoms with E-state index in [1.807, 2.05) is 0 Å². The van der Waals surface area contributed by atoms with Crippen molar-refractivity contribution in [2.45, 2.75) is 24.7 Å². The second kappa shape index (κ2) is 8.37. The van der Waals surface area contributed by atoms with Crippen LogP contribution in [0.2, 0.25) is 0 Å². The van der Waals surface area contributed by atoms with E-state index in [-0.39, 0.29) is 0 Å². The van der Waals surface area contributed by atoms with E-state index in [9.17, 15) is 8.42 Å². The van der Waals surface area contributed by atoms with Gasteiger partial charge in [0.05, 0.1) is 11.4 Å². The standard InChI is InChI=1S/C17H27N3O3S/c1-14-5-4-11-20(13-14)17(18-2)19-10-12-23-15-6-8-16(9-7-15)24(3,21)22/h6-9,14H,4-5,10-13H2,1-3H3,(H,18,19). The first-order valence-corrected chi connectivity index (χ1v) is 10.2. The highest BCUT2D eigenvalue weighted by Gasteiger charge is 2.18. The van der Waals surface area contributed by atoms with Crippen molar-refractivity contribution in [1.29, 1.82) is 0 Å². The van der Waals surface area contributed by atoms with E-state index in [0.29, 0.717) is 29.7 Å². The van der Waals surface area contributed by atoms with Gasteiger partial charge in [0, 0.05) is 26.4 Å². The number of nitrogens with zero attached hydrogens (tertiary/aromatic N) is 2. The van der Waals surface area contributed by atoms with Gasteiger partial charge in [-0.2, -0.15) is 0 Å². The molecule has 0 bridgehead atoms. The van der Waals surface area contributed by atoms with Gasteiger partial charge in [0.1, 0.15) is 12.4 Å². The molecule has 7 heteroatoms. The molecule has 0 spiro atoms. The van der Waals surface area contributed by atoms with Crippen LogP contribution in [-0.4, -0.2) is 58.8 Å². The Bertz CT molecular complexity index is 656. The minimum Gasteiger partial charge on any atom is -0.492 e. The van der Waals surface area contributed by atoms with E-state index in [1.165, 1.54) is 19.1 Å². The van der Waals surface area contributed by atoms with Crippen LogP contribution in [0.25, 0.3) is 0 Å². The zero-order chi connectivity index (χ0) is 17.6. The van der Waals surface area contributed by atoms with Crippen molar-refractivity contribution >= 4 is 15.8 Å². The number of ether oxygens (including phenoxy) is 1. The largest absolute Gasteiger partial charge is 0.492 e. The maximum absolute atomic E-state index is 11.4. The summed E-state index contributed by atoms with van der Waals surface area (Å²) in [5.74, 6) is 2.27. The molecule has 2 rings (SSSR count). The van der Waals surface area contributed by atoms with Crippen LogP contribution in [0.1, 0.15) is 19.8 Å². The lowest BCUT2D eigenvalue weighted by Crippen LogP contribution is -2.47. The molecule has 1 aliphatic rings. The summed E-state index contributed by atoms with van der Waals surface area (Å²) in [5.41, 5.74) is 0. The molecule has 1 atom stereocenters. The highest BCUT2D eigenvalue weighted by atomic mass is 32.2. The van der Waals surface area contributed by atoms with Gasteiger partial charge in [-0.15, -0.1) is 0 Å². The lowest BCUT2D eigenvalue weighted by atomic mass is 10.0. The fourth-order valence-corrected chi connectivity index (χ4v) is 3.46. The maximum atomic E-state index is 11.4. The van der Waals surface area contributed by atoms with Crippen LogP contribution < -0.4 is 10.1 Å². The predicted molar refractivity (Wildman–Crippen MR) is 96.4 cm³/mol. The number of hydrogen-bond donors (Lipinski definition) is 1. The lowest BCUT2D eigenvalue weighted by Gasteiger charge is -2.33. The zero-order valence-corrected chi connectivity index (χ0v) is 15.5. The highest BCUT2D eigenvalue weighted by molar-refractivity contribution is 7.90. The molecule has 1 N–H and O–H groups in total. The van der Waals surface area contributed by atoms with Crippen molar-refractivity contribution in [1.82, 2.24) is 10.2 Å². The Morgan fingerprint density at radius 1 is 1.38 bits per heavy atom. The second-order valence-corrected chi connectivity index (χ2v) is 8.28. The van der Waals surface area contributed by atoms with Crippen molar-refractivity contribution in [3.8, 4) is 5.75 Å². The Morgan fingerprint density at radius 2 is 2.08 bits per heavy atom. The van der Waals surface area contributed by atoms with Crippen LogP contribution in [-0.2, 0) is 9.84 Å². The van der Waals surface area contributed by atoms with Crippen LogP contribution in [0.15, 0.2) is 34.2 Å². The molecule has 134 valence electrons. The predicted octanol–water partition coefficient (Wildman–Crippen LogP) is 1.78. The van der Waals surface area contributed by atoms with Gasteiger partial charge in [0.25, 0.3) is 0 Å². The van der Waals surface area contributed by atoms with Gasteiger partial charge in [-0.25, -0.2) is 8.42 Å². The molecule has 1 unspecified atom stereocenters. The number of benzene rings is 1. The molecule has 1 aliphatic heterocycles. The van der Waals surface area contributed by atoms with Crippen LogP contribution in [0.5, 0.6) is 5.75 Å². The van der Waals surface area contributed by atoms with E-state index in [1.54, 1.807) is 31.3 Å². The molecule has 1 aromatic carbocycles. The minimum absolute atomic E-state index is 0.299. The zero-order valence-electron chi connectivity index (χ0n) is 14.7. The number of likely N-dealkylation sites (tertiary alicyclic amines) is 1. The van der Waals surface area contributed by atoms with Crippen molar-refractivity contribution in [3.05, 3.63) is 24.3 Å². The normalized spacial score (nSPS) is 19.2. The van der Waals surface area contributed by atoms with E-state index in [0.717, 1.165) is 19.0 Å². The molecule has 0 saturated carbocycles. The number of rotatable bonds is 5. The summed E-state index contributed by atoms with van der Waals surface area (Å²) in [6, 6.07) is 6.48. The number of aliphatic imine (C=N–C) groups is 1. The molecule has 6 nitrogen and oxygen atoms in total. The fraction of sp³-hybridized carbons (Fsp3) is 0.588. The molecular formula is C17H27N3O3S. The number of nitrogens with one attached hydrogen (secondary N) is 1. The quantitative estimate of drug-likeness (QED) is 0.496. The minimum atomic E-state index is -3.17. The third-order valence-corrected chi connectivity index (χ3v) is 5.20. The first-order valence-electron chi connectivity index (χ1n) is 8.28. The number of piperidine rings is 1. The molecule has 24 heavy (non-hydrogen) atoms. The Labute approximate surface area is 144 Å². The Balaban J connectivity index is 1.77. The molecule has 1 fully saturated rings. The SMILES string of the molecule is CN=C(NCCOc1ccc(S(C)(=O)=O)cc1)N1CCCC(C)C1. The summed E-state index contributed by atoms with van der Waals surface area (Å²) >= 11 is 0. The summed E-state index contributed by atoms with van der Waals surface area (Å²) in [4.78, 5) is 6.92. The van der Waals surface area contributed by atoms with Crippen molar-refractivity contribution in [3.63, 3.8) is 0 Å². The van der Waals surface area contributed by atoms with Crippen LogP contribution in [0, 0.1) is 5.92 Å². The number of sulfone groups is 1. The molecule has 0 radical (unpaired) electrons. The van der Waals surface area contributed by atoms with Crippen molar-refractivity contribution in [2.24, 2.45) is 10.9 Å². The third kappa shape index (κ3) is 5.40. The van der Waals surface area contributed by atoms with Crippen LogP contribution in [0.3, 0.4) is 0 Å². The Kier molecular flexibility index (Phi) is 6.48. The van der Waals surface area contributed by atoms with E-state index in [4.69, 9.17) is 4.74 Å². The van der Waals surface area contributed by atoms with Gasteiger partial charge in [-0.1, -0.05) is 6.92 Å². The van der Waals surface area contributed by atoms with Gasteiger partial charge in [-0.3, -0.25) is 4.99 Å². The summed E-state index contributed by atoms with van der Waals surface area (Å²) in [7, 11) is -1.37. The Hall–Kier alpha value is -1.76. The van der Waals surface area contributed by atoms with E-state index < -0.39 is 9.84 Å². The van der Waals surface area contributed by atoms with Crippen LogP contribution in [0.4, 0.5) is 0 Å². The molecule has 0 aliphatic carbocycles. The summed E-state index contributed by atoms with van der Waals surface area (Å²) in [6.45, 7) is 5.47. The van der Waals surface area contributed by atoms with Gasteiger partial charge in [-0.05, 0) is 43.0 Å². The second-order valence-electron chi connectivity index (χ2n) is 6.26. The van der Waals surface area contributed by atoms with Gasteiger partial charge in [0.15, 0.2) is 15.8 Å². The number of guanidine groups is 1.